The summed E-state index contributed by atoms with van der Waals surface area (Å²) in [5, 5.41) is 3.54. The predicted octanol–water partition coefficient (Wildman–Crippen LogP) is 3.83. The van der Waals surface area contributed by atoms with E-state index < -0.39 is 0 Å². The lowest BCUT2D eigenvalue weighted by Gasteiger charge is -2.24. The Morgan fingerprint density at radius 1 is 1.26 bits per heavy atom. The smallest absolute Gasteiger partial charge is 0.193 e. The van der Waals surface area contributed by atoms with Crippen molar-refractivity contribution in [3.63, 3.8) is 0 Å². The molecule has 0 amide bonds. The maximum Gasteiger partial charge on any atom is 0.193 e. The third-order valence-electron chi connectivity index (χ3n) is 5.22. The van der Waals surface area contributed by atoms with Gasteiger partial charge in [0.25, 0.3) is 0 Å². The molecule has 0 aromatic heterocycles. The van der Waals surface area contributed by atoms with Crippen molar-refractivity contribution in [3.8, 4) is 0 Å². The van der Waals surface area contributed by atoms with Crippen molar-refractivity contribution in [1.29, 1.82) is 0 Å². The molecule has 3 rings (SSSR count). The van der Waals surface area contributed by atoms with Crippen molar-refractivity contribution in [2.24, 2.45) is 16.8 Å². The van der Waals surface area contributed by atoms with Gasteiger partial charge in [-0.25, -0.2) is 0 Å². The van der Waals surface area contributed by atoms with Crippen LogP contribution >= 0.6 is 39.9 Å². The van der Waals surface area contributed by atoms with Crippen LogP contribution in [0.15, 0.2) is 33.7 Å². The van der Waals surface area contributed by atoms with E-state index in [9.17, 15) is 0 Å². The molecule has 1 aromatic rings. The molecule has 27 heavy (non-hydrogen) atoms. The van der Waals surface area contributed by atoms with Gasteiger partial charge in [0.2, 0.25) is 0 Å². The van der Waals surface area contributed by atoms with Crippen molar-refractivity contribution >= 4 is 51.6 Å². The monoisotopic (exact) mass is 550 g/mol. The number of halogens is 2. The Kier molecular flexibility index (Phi) is 9.65. The fraction of sp³-hybridized carbons (Fsp3) is 0.650. The minimum absolute atomic E-state index is 0. The summed E-state index contributed by atoms with van der Waals surface area (Å²) in [7, 11) is 3.94. The van der Waals surface area contributed by atoms with E-state index in [1.165, 1.54) is 24.9 Å². The van der Waals surface area contributed by atoms with Gasteiger partial charge in [-0.15, -0.1) is 24.0 Å². The van der Waals surface area contributed by atoms with Crippen LogP contribution in [0.1, 0.15) is 19.3 Å². The summed E-state index contributed by atoms with van der Waals surface area (Å²) in [4.78, 5) is 9.05. The molecule has 1 N–H and O–H groups in total. The average Bonchev–Trinajstić information content (AvgIpc) is 3.36. The number of likely N-dealkylation sites (N-methyl/N-ethyl adjacent to an activating group) is 1. The van der Waals surface area contributed by atoms with Crippen molar-refractivity contribution < 1.29 is 4.74 Å². The summed E-state index contributed by atoms with van der Waals surface area (Å²) in [6.45, 7) is 5.76. The third kappa shape index (κ3) is 7.42. The summed E-state index contributed by atoms with van der Waals surface area (Å²) in [5.74, 6) is 2.44. The van der Waals surface area contributed by atoms with E-state index in [0.29, 0.717) is 5.92 Å². The number of anilines is 1. The first-order chi connectivity index (χ1) is 12.7. The van der Waals surface area contributed by atoms with Gasteiger partial charge in [0.1, 0.15) is 0 Å². The molecule has 0 spiro atoms. The molecule has 1 saturated carbocycles. The normalized spacial score (nSPS) is 19.7. The molecular weight excluding hydrogens is 519 g/mol. The van der Waals surface area contributed by atoms with Gasteiger partial charge < -0.3 is 19.9 Å². The van der Waals surface area contributed by atoms with Crippen LogP contribution in [0.25, 0.3) is 0 Å². The van der Waals surface area contributed by atoms with Crippen LogP contribution in [-0.2, 0) is 4.74 Å². The molecule has 1 aliphatic carbocycles. The lowest BCUT2D eigenvalue weighted by molar-refractivity contribution is 0.115. The maximum atomic E-state index is 5.74. The fourth-order valence-corrected chi connectivity index (χ4v) is 3.61. The highest BCUT2D eigenvalue weighted by atomic mass is 127. The zero-order chi connectivity index (χ0) is 18.4. The molecule has 7 heteroatoms. The van der Waals surface area contributed by atoms with Gasteiger partial charge >= 0.3 is 0 Å². The highest BCUT2D eigenvalue weighted by molar-refractivity contribution is 14.0. The lowest BCUT2D eigenvalue weighted by Crippen LogP contribution is -2.42. The van der Waals surface area contributed by atoms with Crippen LogP contribution in [0.2, 0.25) is 0 Å². The molecule has 0 radical (unpaired) electrons. The van der Waals surface area contributed by atoms with E-state index in [4.69, 9.17) is 4.74 Å². The SMILES string of the molecule is CN=C(NCC1CCN(c2ccc(Br)cc2)C1)N(C)CCOCC1CC1.I. The van der Waals surface area contributed by atoms with Gasteiger partial charge in [0.15, 0.2) is 5.96 Å². The van der Waals surface area contributed by atoms with E-state index >= 15 is 0 Å². The standard InChI is InChI=1S/C20H31BrN4O.HI/c1-22-20(24(2)11-12-26-15-16-3-4-16)23-13-17-9-10-25(14-17)19-7-5-18(21)6-8-19;/h5-8,16-17H,3-4,9-15H2,1-2H3,(H,22,23);1H. The Morgan fingerprint density at radius 2 is 2.00 bits per heavy atom. The maximum absolute atomic E-state index is 5.74. The zero-order valence-corrected chi connectivity index (χ0v) is 20.3. The number of nitrogens with one attached hydrogen (secondary N) is 1. The first-order valence-corrected chi connectivity index (χ1v) is 10.4. The zero-order valence-electron chi connectivity index (χ0n) is 16.4. The Hall–Kier alpha value is -0.540. The van der Waals surface area contributed by atoms with Gasteiger partial charge in [-0.1, -0.05) is 15.9 Å². The summed E-state index contributed by atoms with van der Waals surface area (Å²) < 4.78 is 6.87. The highest BCUT2D eigenvalue weighted by Crippen LogP contribution is 2.28. The van der Waals surface area contributed by atoms with Gasteiger partial charge in [-0.05, 0) is 55.4 Å². The Bertz CT molecular complexity index is 594. The van der Waals surface area contributed by atoms with Crippen LogP contribution in [-0.4, -0.2) is 64.3 Å². The van der Waals surface area contributed by atoms with Crippen molar-refractivity contribution in [2.75, 3.05) is 58.4 Å². The number of guanidine groups is 1. The molecule has 1 aliphatic heterocycles. The largest absolute Gasteiger partial charge is 0.379 e. The second kappa shape index (κ2) is 11.5. The van der Waals surface area contributed by atoms with Gasteiger partial charge in [0.05, 0.1) is 6.61 Å². The Labute approximate surface area is 189 Å². The molecule has 1 heterocycles. The van der Waals surface area contributed by atoms with E-state index in [0.717, 1.165) is 55.7 Å². The first kappa shape index (κ1) is 22.7. The van der Waals surface area contributed by atoms with E-state index in [-0.39, 0.29) is 24.0 Å². The fourth-order valence-electron chi connectivity index (χ4n) is 3.35. The third-order valence-corrected chi connectivity index (χ3v) is 5.75. The second-order valence-corrected chi connectivity index (χ2v) is 8.36. The Balaban J connectivity index is 0.00000261. The molecule has 1 atom stereocenters. The van der Waals surface area contributed by atoms with Crippen LogP contribution in [0.3, 0.4) is 0 Å². The van der Waals surface area contributed by atoms with Gasteiger partial charge in [-0.3, -0.25) is 4.99 Å². The van der Waals surface area contributed by atoms with Gasteiger partial charge in [0, 0.05) is 57.0 Å². The van der Waals surface area contributed by atoms with Crippen molar-refractivity contribution in [1.82, 2.24) is 10.2 Å². The van der Waals surface area contributed by atoms with Crippen molar-refractivity contribution in [2.45, 2.75) is 19.3 Å². The molecule has 1 unspecified atom stereocenters. The molecule has 5 nitrogen and oxygen atoms in total. The molecule has 2 fully saturated rings. The van der Waals surface area contributed by atoms with Crippen molar-refractivity contribution in [3.05, 3.63) is 28.7 Å². The minimum atomic E-state index is 0. The van der Waals surface area contributed by atoms with Gasteiger partial charge in [-0.2, -0.15) is 0 Å². The van der Waals surface area contributed by atoms with Crippen LogP contribution in [0.5, 0.6) is 0 Å². The summed E-state index contributed by atoms with van der Waals surface area (Å²) in [6, 6.07) is 8.61. The summed E-state index contributed by atoms with van der Waals surface area (Å²) >= 11 is 3.51. The number of nitrogens with zero attached hydrogens (tertiary/aromatic N) is 3. The number of aliphatic imine (C=N–C) groups is 1. The van der Waals surface area contributed by atoms with E-state index in [1.54, 1.807) is 0 Å². The van der Waals surface area contributed by atoms with E-state index in [1.807, 2.05) is 7.05 Å². The molecular formula is C20H32BrIN4O. The molecule has 1 saturated heterocycles. The second-order valence-electron chi connectivity index (χ2n) is 7.45. The molecule has 152 valence electrons. The number of ether oxygens (including phenoxy) is 1. The van der Waals surface area contributed by atoms with Crippen LogP contribution < -0.4 is 10.2 Å². The van der Waals surface area contributed by atoms with Crippen LogP contribution in [0, 0.1) is 11.8 Å². The Morgan fingerprint density at radius 3 is 2.67 bits per heavy atom. The highest BCUT2D eigenvalue weighted by Gasteiger charge is 2.23. The average molecular weight is 551 g/mol. The first-order valence-electron chi connectivity index (χ1n) is 9.65. The lowest BCUT2D eigenvalue weighted by atomic mass is 10.1. The number of benzene rings is 1. The number of hydrogen-bond donors (Lipinski definition) is 1. The summed E-state index contributed by atoms with van der Waals surface area (Å²) in [6.07, 6.45) is 3.91. The number of rotatable bonds is 8. The molecule has 2 aliphatic rings. The predicted molar refractivity (Wildman–Crippen MR) is 127 cm³/mol. The quantitative estimate of drug-likeness (QED) is 0.231. The number of hydrogen-bond acceptors (Lipinski definition) is 3. The molecule has 0 bridgehead atoms. The minimum Gasteiger partial charge on any atom is -0.379 e. The molecule has 1 aromatic carbocycles. The topological polar surface area (TPSA) is 40.1 Å². The summed E-state index contributed by atoms with van der Waals surface area (Å²) in [5.41, 5.74) is 1.31. The van der Waals surface area contributed by atoms with E-state index in [2.05, 4.69) is 67.4 Å². The van der Waals surface area contributed by atoms with Crippen LogP contribution in [0.4, 0.5) is 5.69 Å².